The predicted octanol–water partition coefficient (Wildman–Crippen LogP) is 4.91. The lowest BCUT2D eigenvalue weighted by Crippen LogP contribution is -2.43. The molecule has 0 bridgehead atoms. The summed E-state index contributed by atoms with van der Waals surface area (Å²) < 4.78 is 13.3. The van der Waals surface area contributed by atoms with Crippen LogP contribution in [0, 0.1) is 5.82 Å². The summed E-state index contributed by atoms with van der Waals surface area (Å²) in [5, 5.41) is 0.259. The average molecular weight is 318 g/mol. The number of hydrogen-bond donors (Lipinski definition) is 0. The van der Waals surface area contributed by atoms with Gasteiger partial charge in [-0.05, 0) is 36.6 Å². The van der Waals surface area contributed by atoms with Crippen molar-refractivity contribution in [1.29, 1.82) is 0 Å². The Morgan fingerprint density at radius 3 is 2.36 bits per heavy atom. The van der Waals surface area contributed by atoms with E-state index < -0.39 is 11.4 Å². The summed E-state index contributed by atoms with van der Waals surface area (Å²) in [6, 6.07) is 14.2. The zero-order valence-corrected chi connectivity index (χ0v) is 12.9. The van der Waals surface area contributed by atoms with Crippen molar-refractivity contribution in [2.75, 3.05) is 4.90 Å². The second-order valence-electron chi connectivity index (χ2n) is 5.68. The Balaban J connectivity index is 2.12. The smallest absolute Gasteiger partial charge is 0.214 e. The molecule has 1 aliphatic rings. The Morgan fingerprint density at radius 2 is 1.77 bits per heavy atom. The van der Waals surface area contributed by atoms with Crippen molar-refractivity contribution in [2.24, 2.45) is 0 Å². The Labute approximate surface area is 134 Å². The molecule has 3 rings (SSSR count). The van der Waals surface area contributed by atoms with Crippen LogP contribution < -0.4 is 4.90 Å². The molecule has 0 aromatic heterocycles. The average Bonchev–Trinajstić information content (AvgIpc) is 3.02. The molecule has 1 aliphatic carbocycles. The molecule has 1 amide bonds. The van der Waals surface area contributed by atoms with Crippen LogP contribution in [0.2, 0.25) is 5.02 Å². The maximum atomic E-state index is 13.3. The van der Waals surface area contributed by atoms with Crippen LogP contribution in [0.15, 0.2) is 48.5 Å². The van der Waals surface area contributed by atoms with E-state index in [1.807, 2.05) is 30.3 Å². The lowest BCUT2D eigenvalue weighted by molar-refractivity contribution is -0.108. The zero-order chi connectivity index (χ0) is 15.6. The van der Waals surface area contributed by atoms with Crippen LogP contribution in [-0.2, 0) is 10.3 Å². The Hall–Kier alpha value is -1.87. The molecule has 0 aliphatic heterocycles. The van der Waals surface area contributed by atoms with Gasteiger partial charge >= 0.3 is 0 Å². The van der Waals surface area contributed by atoms with E-state index >= 15 is 0 Å². The van der Waals surface area contributed by atoms with Gasteiger partial charge in [0.05, 0.1) is 16.2 Å². The van der Waals surface area contributed by atoms with E-state index in [1.165, 1.54) is 12.1 Å². The number of hydrogen-bond acceptors (Lipinski definition) is 1. The summed E-state index contributed by atoms with van der Waals surface area (Å²) in [6.07, 6.45) is 4.68. The van der Waals surface area contributed by atoms with Gasteiger partial charge in [-0.15, -0.1) is 0 Å². The largest absolute Gasteiger partial charge is 0.303 e. The molecule has 0 radical (unpaired) electrons. The number of rotatable bonds is 4. The van der Waals surface area contributed by atoms with Crippen molar-refractivity contribution in [3.63, 3.8) is 0 Å². The SMILES string of the molecule is O=CN(c1ccc(F)cc1Cl)C1(c2ccccc2)CCCC1. The molecule has 0 N–H and O–H groups in total. The summed E-state index contributed by atoms with van der Waals surface area (Å²) >= 11 is 6.19. The molecule has 22 heavy (non-hydrogen) atoms. The van der Waals surface area contributed by atoms with E-state index in [9.17, 15) is 9.18 Å². The Kier molecular flexibility index (Phi) is 4.16. The number of amides is 1. The van der Waals surface area contributed by atoms with E-state index in [-0.39, 0.29) is 5.02 Å². The van der Waals surface area contributed by atoms with Crippen molar-refractivity contribution in [3.8, 4) is 0 Å². The molecule has 0 heterocycles. The predicted molar refractivity (Wildman–Crippen MR) is 86.5 cm³/mol. The fourth-order valence-corrected chi connectivity index (χ4v) is 3.70. The van der Waals surface area contributed by atoms with Gasteiger partial charge in [0.25, 0.3) is 0 Å². The van der Waals surface area contributed by atoms with Gasteiger partial charge in [-0.1, -0.05) is 54.8 Å². The summed E-state index contributed by atoms with van der Waals surface area (Å²) in [5.41, 5.74) is 1.26. The van der Waals surface area contributed by atoms with Crippen molar-refractivity contribution in [2.45, 2.75) is 31.2 Å². The van der Waals surface area contributed by atoms with Crippen LogP contribution in [0.5, 0.6) is 0 Å². The second kappa shape index (κ2) is 6.09. The van der Waals surface area contributed by atoms with E-state index in [0.717, 1.165) is 37.7 Å². The molecule has 114 valence electrons. The second-order valence-corrected chi connectivity index (χ2v) is 6.08. The summed E-state index contributed by atoms with van der Waals surface area (Å²) in [6.45, 7) is 0. The number of anilines is 1. The number of benzene rings is 2. The lowest BCUT2D eigenvalue weighted by Gasteiger charge is -2.40. The molecular weight excluding hydrogens is 301 g/mol. The molecule has 2 aromatic carbocycles. The molecule has 2 aromatic rings. The maximum absolute atomic E-state index is 13.3. The van der Waals surface area contributed by atoms with Crippen molar-refractivity contribution >= 4 is 23.7 Å². The molecule has 0 atom stereocenters. The first kappa shape index (κ1) is 15.0. The van der Waals surface area contributed by atoms with Gasteiger partial charge in [-0.3, -0.25) is 4.79 Å². The van der Waals surface area contributed by atoms with Crippen LogP contribution in [0.1, 0.15) is 31.2 Å². The summed E-state index contributed by atoms with van der Waals surface area (Å²) in [4.78, 5) is 13.6. The third-order valence-corrected chi connectivity index (χ3v) is 4.78. The van der Waals surface area contributed by atoms with E-state index in [2.05, 4.69) is 0 Å². The highest BCUT2D eigenvalue weighted by Gasteiger charge is 2.42. The van der Waals surface area contributed by atoms with Crippen molar-refractivity contribution in [3.05, 3.63) is 64.9 Å². The Morgan fingerprint density at radius 1 is 1.09 bits per heavy atom. The number of halogens is 2. The Bertz CT molecular complexity index is 668. The molecular formula is C18H17ClFNO. The first-order chi connectivity index (χ1) is 10.7. The van der Waals surface area contributed by atoms with E-state index in [4.69, 9.17) is 11.6 Å². The lowest BCUT2D eigenvalue weighted by atomic mass is 9.86. The first-order valence-electron chi connectivity index (χ1n) is 7.42. The monoisotopic (exact) mass is 317 g/mol. The zero-order valence-electron chi connectivity index (χ0n) is 12.1. The third-order valence-electron chi connectivity index (χ3n) is 4.48. The molecule has 4 heteroatoms. The van der Waals surface area contributed by atoms with Crippen LogP contribution in [0.4, 0.5) is 10.1 Å². The molecule has 2 nitrogen and oxygen atoms in total. The molecule has 1 saturated carbocycles. The van der Waals surface area contributed by atoms with E-state index in [1.54, 1.807) is 11.0 Å². The van der Waals surface area contributed by atoms with Crippen molar-refractivity contribution in [1.82, 2.24) is 0 Å². The van der Waals surface area contributed by atoms with E-state index in [0.29, 0.717) is 5.69 Å². The quantitative estimate of drug-likeness (QED) is 0.734. The molecule has 0 saturated heterocycles. The molecule has 0 spiro atoms. The highest BCUT2D eigenvalue weighted by atomic mass is 35.5. The fourth-order valence-electron chi connectivity index (χ4n) is 3.44. The van der Waals surface area contributed by atoms with Gasteiger partial charge in [-0.25, -0.2) is 4.39 Å². The number of carbonyl (C=O) groups excluding carboxylic acids is 1. The van der Waals surface area contributed by atoms with Crippen LogP contribution >= 0.6 is 11.6 Å². The van der Waals surface area contributed by atoms with Crippen LogP contribution in [-0.4, -0.2) is 6.41 Å². The van der Waals surface area contributed by atoms with Crippen LogP contribution in [0.3, 0.4) is 0 Å². The fraction of sp³-hybridized carbons (Fsp3) is 0.278. The molecule has 1 fully saturated rings. The normalized spacial score (nSPS) is 16.5. The van der Waals surface area contributed by atoms with Gasteiger partial charge in [0.1, 0.15) is 5.82 Å². The van der Waals surface area contributed by atoms with Gasteiger partial charge in [0.2, 0.25) is 6.41 Å². The summed E-state index contributed by atoms with van der Waals surface area (Å²) in [5.74, 6) is -0.403. The number of nitrogens with zero attached hydrogens (tertiary/aromatic N) is 1. The minimum absolute atomic E-state index is 0.259. The summed E-state index contributed by atoms with van der Waals surface area (Å²) in [7, 11) is 0. The molecule has 0 unspecified atom stereocenters. The number of carbonyl (C=O) groups is 1. The highest BCUT2D eigenvalue weighted by molar-refractivity contribution is 6.33. The third kappa shape index (κ3) is 2.50. The van der Waals surface area contributed by atoms with Crippen LogP contribution in [0.25, 0.3) is 0 Å². The minimum Gasteiger partial charge on any atom is -0.303 e. The first-order valence-corrected chi connectivity index (χ1v) is 7.80. The van der Waals surface area contributed by atoms with Gasteiger partial charge in [0, 0.05) is 0 Å². The minimum atomic E-state index is -0.403. The van der Waals surface area contributed by atoms with Crippen molar-refractivity contribution < 1.29 is 9.18 Å². The maximum Gasteiger partial charge on any atom is 0.214 e. The highest BCUT2D eigenvalue weighted by Crippen LogP contribution is 2.46. The van der Waals surface area contributed by atoms with Gasteiger partial charge < -0.3 is 4.90 Å². The van der Waals surface area contributed by atoms with Gasteiger partial charge in [-0.2, -0.15) is 0 Å². The van der Waals surface area contributed by atoms with Gasteiger partial charge in [0.15, 0.2) is 0 Å². The standard InChI is InChI=1S/C18H17ClFNO/c19-16-12-15(20)8-9-17(16)21(13-22)18(10-4-5-11-18)14-6-2-1-3-7-14/h1-3,6-9,12-13H,4-5,10-11H2. The topological polar surface area (TPSA) is 20.3 Å².